The first kappa shape index (κ1) is 19.7. The lowest BCUT2D eigenvalue weighted by Crippen LogP contribution is -1.97. The summed E-state index contributed by atoms with van der Waals surface area (Å²) in [6.45, 7) is 2.13. The van der Waals surface area contributed by atoms with Crippen LogP contribution in [-0.4, -0.2) is 30.0 Å². The molecule has 1 aromatic rings. The molecule has 0 saturated carbocycles. The van der Waals surface area contributed by atoms with Crippen LogP contribution in [0.15, 0.2) is 18.2 Å². The number of unbranched alkanes of at least 4 members (excludes halogenated alkanes) is 1. The highest BCUT2D eigenvalue weighted by Crippen LogP contribution is 2.28. The Morgan fingerprint density at radius 3 is 2.20 bits per heavy atom. The van der Waals surface area contributed by atoms with E-state index >= 15 is 0 Å². The maximum atomic E-state index is 9.19. The normalized spacial score (nSPS) is 10.7. The van der Waals surface area contributed by atoms with E-state index in [0.29, 0.717) is 26.9 Å². The minimum absolute atomic E-state index is 0.457. The van der Waals surface area contributed by atoms with Gasteiger partial charge in [-0.15, -0.1) is 11.8 Å². The second-order valence-corrected chi connectivity index (χ2v) is 7.25. The predicted octanol–water partition coefficient (Wildman–Crippen LogP) is 4.36. The highest BCUT2D eigenvalue weighted by atomic mass is 35.5. The van der Waals surface area contributed by atoms with Gasteiger partial charge in [0.15, 0.2) is 0 Å². The highest BCUT2D eigenvalue weighted by Gasteiger charge is 2.10. The van der Waals surface area contributed by atoms with Crippen LogP contribution >= 0.6 is 35.0 Å². The lowest BCUT2D eigenvalue weighted by atomic mass is 10.2. The molecule has 0 atom stereocenters. The molecule has 0 aliphatic carbocycles. The minimum atomic E-state index is -3.67. The van der Waals surface area contributed by atoms with Gasteiger partial charge in [-0.3, -0.25) is 9.96 Å². The van der Waals surface area contributed by atoms with Crippen LogP contribution in [0.4, 0.5) is 0 Å². The van der Waals surface area contributed by atoms with Gasteiger partial charge in [0.2, 0.25) is 0 Å². The van der Waals surface area contributed by atoms with Crippen molar-refractivity contribution in [3.8, 4) is 0 Å². The number of thioether (sulfide) groups is 1. The Morgan fingerprint density at radius 2 is 1.80 bits per heavy atom. The third kappa shape index (κ3) is 9.61. The topological polar surface area (TPSA) is 78.2 Å². The van der Waals surface area contributed by atoms with Gasteiger partial charge in [0, 0.05) is 5.56 Å². The Kier molecular flexibility index (Phi) is 9.50. The average Bonchev–Trinajstić information content (AvgIpc) is 2.26. The number of halogens is 2. The lowest BCUT2D eigenvalue weighted by Gasteiger charge is -2.07. The predicted molar refractivity (Wildman–Crippen MR) is 88.1 cm³/mol. The first-order valence-electron chi connectivity index (χ1n) is 5.75. The number of hydrogen-bond acceptors (Lipinski definition) is 4. The van der Waals surface area contributed by atoms with Crippen molar-refractivity contribution in [3.63, 3.8) is 0 Å². The zero-order valence-corrected chi connectivity index (χ0v) is 14.3. The van der Waals surface area contributed by atoms with Crippen LogP contribution in [0.25, 0.3) is 0 Å². The molecule has 0 amide bonds. The Bertz CT molecular complexity index is 519. The quantitative estimate of drug-likeness (QED) is 0.363. The molecule has 4 nitrogen and oxygen atoms in total. The molecular weight excluding hydrogens is 341 g/mol. The molecule has 0 spiro atoms. The van der Waals surface area contributed by atoms with E-state index in [2.05, 4.69) is 6.92 Å². The van der Waals surface area contributed by atoms with Gasteiger partial charge in [0.05, 0.1) is 21.3 Å². The largest absolute Gasteiger partial charge is 0.293 e. The summed E-state index contributed by atoms with van der Waals surface area (Å²) in [6, 6.07) is 5.31. The van der Waals surface area contributed by atoms with Gasteiger partial charge in [-0.05, 0) is 24.3 Å². The first-order valence-corrected chi connectivity index (χ1v) is 9.34. The van der Waals surface area contributed by atoms with E-state index < -0.39 is 10.1 Å². The molecule has 0 aromatic heterocycles. The van der Waals surface area contributed by atoms with Crippen LogP contribution in [0, 0.1) is 5.41 Å². The van der Waals surface area contributed by atoms with Crippen molar-refractivity contribution in [2.75, 3.05) is 12.0 Å². The Morgan fingerprint density at radius 1 is 1.35 bits per heavy atom. The van der Waals surface area contributed by atoms with Crippen LogP contribution in [0.1, 0.15) is 25.3 Å². The van der Waals surface area contributed by atoms with E-state index in [1.165, 1.54) is 11.8 Å². The van der Waals surface area contributed by atoms with Gasteiger partial charge in [0.25, 0.3) is 10.1 Å². The molecule has 8 heteroatoms. The molecule has 1 rings (SSSR count). The maximum absolute atomic E-state index is 9.19. The second-order valence-electron chi connectivity index (χ2n) is 3.86. The van der Waals surface area contributed by atoms with Crippen molar-refractivity contribution in [3.05, 3.63) is 33.8 Å². The summed E-state index contributed by atoms with van der Waals surface area (Å²) >= 11 is 13.5. The van der Waals surface area contributed by atoms with E-state index in [1.54, 1.807) is 18.2 Å². The fraction of sp³-hybridized carbons (Fsp3) is 0.417. The van der Waals surface area contributed by atoms with Gasteiger partial charge in [-0.1, -0.05) is 42.6 Å². The first-order chi connectivity index (χ1) is 9.16. The summed E-state index contributed by atoms with van der Waals surface area (Å²) in [4.78, 5) is 0. The Labute approximate surface area is 134 Å². The average molecular weight is 358 g/mol. The Balaban J connectivity index is 0.000000621. The van der Waals surface area contributed by atoms with E-state index in [-0.39, 0.29) is 0 Å². The van der Waals surface area contributed by atoms with Crippen LogP contribution in [0.5, 0.6) is 0 Å². The monoisotopic (exact) mass is 357 g/mol. The smallest absolute Gasteiger partial charge is 0.261 e. The number of hydrogen-bond donors (Lipinski definition) is 2. The van der Waals surface area contributed by atoms with Gasteiger partial charge >= 0.3 is 0 Å². The number of benzene rings is 1. The number of rotatable bonds is 4. The fourth-order valence-electron chi connectivity index (χ4n) is 1.11. The molecular formula is C12H17Cl2NO3S2. The molecule has 2 N–H and O–H groups in total. The van der Waals surface area contributed by atoms with E-state index in [4.69, 9.17) is 33.2 Å². The van der Waals surface area contributed by atoms with Crippen molar-refractivity contribution in [1.29, 1.82) is 5.41 Å². The van der Waals surface area contributed by atoms with Crippen molar-refractivity contribution in [1.82, 2.24) is 0 Å². The fourth-order valence-corrected chi connectivity index (χ4v) is 2.81. The molecule has 114 valence electrons. The van der Waals surface area contributed by atoms with Crippen molar-refractivity contribution < 1.29 is 13.0 Å². The van der Waals surface area contributed by atoms with Gasteiger partial charge in [-0.2, -0.15) is 8.42 Å². The van der Waals surface area contributed by atoms with Gasteiger partial charge in [-0.25, -0.2) is 0 Å². The second kappa shape index (κ2) is 9.63. The van der Waals surface area contributed by atoms with Crippen molar-refractivity contribution in [2.45, 2.75) is 19.8 Å². The summed E-state index contributed by atoms with van der Waals surface area (Å²) in [6.07, 6.45) is 2.96. The molecule has 0 radical (unpaired) electrons. The molecule has 20 heavy (non-hydrogen) atoms. The maximum Gasteiger partial charge on any atom is 0.261 e. The van der Waals surface area contributed by atoms with Crippen molar-refractivity contribution >= 4 is 50.1 Å². The number of nitrogens with one attached hydrogen (secondary N) is 1. The molecule has 0 saturated heterocycles. The molecule has 1 aromatic carbocycles. The molecule has 0 bridgehead atoms. The highest BCUT2D eigenvalue weighted by molar-refractivity contribution is 8.14. The summed E-state index contributed by atoms with van der Waals surface area (Å²) in [5.41, 5.74) is 0.655. The molecule has 0 unspecified atom stereocenters. The summed E-state index contributed by atoms with van der Waals surface area (Å²) < 4.78 is 25.9. The van der Waals surface area contributed by atoms with E-state index in [9.17, 15) is 8.42 Å². The third-order valence-corrected chi connectivity index (χ3v) is 3.55. The standard InChI is InChI=1S/C11H13Cl2NS.CH4O3S/c1-2-3-7-15-11(14)10-8(12)5-4-6-9(10)13;1-5(2,3)4/h4-6,14H,2-3,7H2,1H3;1H3,(H,2,3,4). The van der Waals surface area contributed by atoms with Crippen LogP contribution in [-0.2, 0) is 10.1 Å². The zero-order chi connectivity index (χ0) is 15.8. The van der Waals surface area contributed by atoms with Crippen molar-refractivity contribution in [2.24, 2.45) is 0 Å². The molecule has 0 aliphatic rings. The summed E-state index contributed by atoms with van der Waals surface area (Å²) in [5.74, 6) is 0.941. The lowest BCUT2D eigenvalue weighted by molar-refractivity contribution is 0.490. The van der Waals surface area contributed by atoms with Gasteiger partial charge in [0.1, 0.15) is 0 Å². The Hall–Kier alpha value is -0.270. The summed E-state index contributed by atoms with van der Waals surface area (Å²) in [7, 11) is -3.67. The van der Waals surface area contributed by atoms with E-state index in [0.717, 1.165) is 18.6 Å². The zero-order valence-electron chi connectivity index (χ0n) is 11.2. The summed E-state index contributed by atoms with van der Waals surface area (Å²) in [5, 5.41) is 9.45. The van der Waals surface area contributed by atoms with Crippen LogP contribution in [0.2, 0.25) is 10.0 Å². The minimum Gasteiger partial charge on any atom is -0.293 e. The molecule has 0 fully saturated rings. The van der Waals surface area contributed by atoms with E-state index in [1.807, 2.05) is 0 Å². The SMILES string of the molecule is CCCCSC(=N)c1c(Cl)cccc1Cl.CS(=O)(=O)O. The third-order valence-electron chi connectivity index (χ3n) is 1.93. The molecule has 0 aliphatic heterocycles. The van der Waals surface area contributed by atoms with Crippen LogP contribution < -0.4 is 0 Å². The van der Waals surface area contributed by atoms with Gasteiger partial charge < -0.3 is 0 Å². The molecule has 0 heterocycles. The van der Waals surface area contributed by atoms with Crippen LogP contribution in [0.3, 0.4) is 0 Å².